The van der Waals surface area contributed by atoms with Gasteiger partial charge in [0, 0.05) is 18.6 Å². The Bertz CT molecular complexity index is 530. The fourth-order valence-electron chi connectivity index (χ4n) is 1.49. The smallest absolute Gasteiger partial charge is 0.492 e. The average molecular weight is 263 g/mol. The molecule has 1 aromatic heterocycles. The van der Waals surface area contributed by atoms with Crippen molar-refractivity contribution in [3.05, 3.63) is 48.0 Å². The van der Waals surface area contributed by atoms with Crippen molar-refractivity contribution in [2.75, 3.05) is 6.61 Å². The van der Waals surface area contributed by atoms with E-state index in [-0.39, 0.29) is 6.61 Å². The summed E-state index contributed by atoms with van der Waals surface area (Å²) in [5.41, 5.74) is 1.03. The largest absolute Gasteiger partial charge is 0.533 e. The van der Waals surface area contributed by atoms with Crippen LogP contribution in [-0.4, -0.2) is 27.7 Å². The first-order valence-electron chi connectivity index (χ1n) is 5.65. The molecule has 2 aromatic rings. The fourth-order valence-corrected chi connectivity index (χ4v) is 1.49. The van der Waals surface area contributed by atoms with E-state index in [0.717, 1.165) is 5.56 Å². The summed E-state index contributed by atoms with van der Waals surface area (Å²) in [6, 6.07) is 11.9. The van der Waals surface area contributed by atoms with E-state index >= 15 is 0 Å². The zero-order chi connectivity index (χ0) is 13.7. The molecule has 0 saturated carbocycles. The highest BCUT2D eigenvalue weighted by molar-refractivity contribution is 5.60. The van der Waals surface area contributed by atoms with E-state index in [4.69, 9.17) is 4.74 Å². The van der Waals surface area contributed by atoms with E-state index in [0.29, 0.717) is 11.2 Å². The van der Waals surface area contributed by atoms with Gasteiger partial charge in [-0.05, 0) is 5.56 Å². The molecule has 1 aromatic carbocycles. The van der Waals surface area contributed by atoms with Crippen molar-refractivity contribution in [1.29, 1.82) is 0 Å². The molecule has 0 atom stereocenters. The lowest BCUT2D eigenvalue weighted by Gasteiger charge is -2.07. The van der Waals surface area contributed by atoms with Crippen molar-refractivity contribution in [3.63, 3.8) is 0 Å². The lowest BCUT2D eigenvalue weighted by molar-refractivity contribution is 0.0362. The third-order valence-corrected chi connectivity index (χ3v) is 2.42. The Morgan fingerprint density at radius 1 is 1.05 bits per heavy atom. The van der Waals surface area contributed by atoms with Gasteiger partial charge in [-0.2, -0.15) is 0 Å². The van der Waals surface area contributed by atoms with E-state index in [1.807, 2.05) is 30.3 Å². The number of nitrogens with zero attached hydrogens (tertiary/aromatic N) is 1. The van der Waals surface area contributed by atoms with Crippen LogP contribution >= 0.6 is 0 Å². The predicted molar refractivity (Wildman–Crippen MR) is 65.8 cm³/mol. The summed E-state index contributed by atoms with van der Waals surface area (Å²) in [4.78, 5) is 15.9. The Labute approximate surface area is 109 Å². The van der Waals surface area contributed by atoms with Crippen LogP contribution in [0.25, 0.3) is 0 Å². The normalized spacial score (nSPS) is 10.1. The molecule has 0 radical (unpaired) electrons. The van der Waals surface area contributed by atoms with Crippen LogP contribution in [0, 0.1) is 0 Å². The highest BCUT2D eigenvalue weighted by atomic mass is 16.8. The van der Waals surface area contributed by atoms with Gasteiger partial charge in [0.2, 0.25) is 11.8 Å². The van der Waals surface area contributed by atoms with Gasteiger partial charge < -0.3 is 14.9 Å². The zero-order valence-electron chi connectivity index (χ0n) is 10.0. The second-order valence-electron chi connectivity index (χ2n) is 3.77. The Kier molecular flexibility index (Phi) is 3.92. The van der Waals surface area contributed by atoms with E-state index < -0.39 is 17.9 Å². The maximum Gasteiger partial charge on any atom is 0.533 e. The summed E-state index contributed by atoms with van der Waals surface area (Å²) in [5.74, 6) is -0.782. The third-order valence-electron chi connectivity index (χ3n) is 2.42. The molecule has 0 unspecified atom stereocenters. The van der Waals surface area contributed by atoms with Gasteiger partial charge >= 0.3 is 6.16 Å². The topological polar surface area (TPSA) is 80.9 Å². The highest BCUT2D eigenvalue weighted by Gasteiger charge is 2.12. The third kappa shape index (κ3) is 3.41. The van der Waals surface area contributed by atoms with Crippen molar-refractivity contribution >= 4 is 6.16 Å². The molecule has 1 heterocycles. The van der Waals surface area contributed by atoms with Gasteiger partial charge in [-0.1, -0.05) is 30.3 Å². The summed E-state index contributed by atoms with van der Waals surface area (Å²) < 4.78 is 5.40. The number of carbonyl (C=O) groups excluding carboxylic acids is 1. The van der Waals surface area contributed by atoms with Crippen LogP contribution in [0.1, 0.15) is 5.56 Å². The van der Waals surface area contributed by atoms with Crippen LogP contribution in [-0.2, 0) is 11.2 Å². The van der Waals surface area contributed by atoms with Gasteiger partial charge in [-0.15, -0.1) is 4.73 Å². The van der Waals surface area contributed by atoms with E-state index in [1.165, 1.54) is 12.1 Å². The molecule has 6 heteroatoms. The predicted octanol–water partition coefficient (Wildman–Crippen LogP) is 1.71. The fraction of sp³-hybridized carbons (Fsp3) is 0.154. The molecular weight excluding hydrogens is 250 g/mol. The second-order valence-corrected chi connectivity index (χ2v) is 3.77. The molecule has 0 bridgehead atoms. The molecule has 0 aliphatic heterocycles. The van der Waals surface area contributed by atoms with Crippen molar-refractivity contribution in [1.82, 2.24) is 4.73 Å². The Hall–Kier alpha value is -2.63. The van der Waals surface area contributed by atoms with Gasteiger partial charge in [0.05, 0.1) is 6.61 Å². The number of hydrogen-bond acceptors (Lipinski definition) is 5. The molecule has 2 N–H and O–H groups in total. The van der Waals surface area contributed by atoms with Crippen molar-refractivity contribution in [2.24, 2.45) is 0 Å². The van der Waals surface area contributed by atoms with Crippen molar-refractivity contribution in [2.45, 2.75) is 6.42 Å². The molecule has 0 saturated heterocycles. The van der Waals surface area contributed by atoms with Gasteiger partial charge in [0.15, 0.2) is 0 Å². The van der Waals surface area contributed by atoms with Crippen molar-refractivity contribution < 1.29 is 24.6 Å². The van der Waals surface area contributed by atoms with Crippen LogP contribution in [0.15, 0.2) is 42.5 Å². The number of carbonyl (C=O) groups is 1. The van der Waals surface area contributed by atoms with Gasteiger partial charge in [0.25, 0.3) is 0 Å². The number of aromatic hydroxyl groups is 2. The van der Waals surface area contributed by atoms with Crippen molar-refractivity contribution in [3.8, 4) is 11.8 Å². The van der Waals surface area contributed by atoms with Gasteiger partial charge in [-0.25, -0.2) is 4.79 Å². The van der Waals surface area contributed by atoms with Gasteiger partial charge in [-0.3, -0.25) is 4.84 Å². The van der Waals surface area contributed by atoms with Crippen LogP contribution in [0.2, 0.25) is 0 Å². The quantitative estimate of drug-likeness (QED) is 0.821. The number of benzene rings is 1. The summed E-state index contributed by atoms with van der Waals surface area (Å²) in [6.45, 7) is 0.144. The molecule has 0 amide bonds. The van der Waals surface area contributed by atoms with Crippen LogP contribution in [0.5, 0.6) is 11.8 Å². The van der Waals surface area contributed by atoms with E-state index in [1.54, 1.807) is 0 Å². The molecule has 0 fully saturated rings. The Morgan fingerprint density at radius 3 is 2.32 bits per heavy atom. The first-order chi connectivity index (χ1) is 9.16. The molecule has 0 aliphatic rings. The molecule has 19 heavy (non-hydrogen) atoms. The highest BCUT2D eigenvalue weighted by Crippen LogP contribution is 2.18. The molecule has 0 aliphatic carbocycles. The SMILES string of the molecule is O=C(OCCc1ccccc1)On1c(O)ccc1O. The summed E-state index contributed by atoms with van der Waals surface area (Å²) >= 11 is 0. The molecule has 6 nitrogen and oxygen atoms in total. The summed E-state index contributed by atoms with van der Waals surface area (Å²) in [5, 5.41) is 18.5. The first kappa shape index (κ1) is 12.8. The van der Waals surface area contributed by atoms with Crippen LogP contribution < -0.4 is 4.84 Å². The van der Waals surface area contributed by atoms with Crippen LogP contribution in [0.4, 0.5) is 4.79 Å². The minimum Gasteiger partial charge on any atom is -0.492 e. The number of ether oxygens (including phenoxy) is 1. The van der Waals surface area contributed by atoms with Gasteiger partial charge in [0.1, 0.15) is 0 Å². The Morgan fingerprint density at radius 2 is 1.68 bits per heavy atom. The monoisotopic (exact) mass is 263 g/mol. The summed E-state index contributed by atoms with van der Waals surface area (Å²) in [6.07, 6.45) is -0.447. The number of aromatic nitrogens is 1. The standard InChI is InChI=1S/C13H13NO5/c15-11-6-7-12(16)14(11)19-13(17)18-9-8-10-4-2-1-3-5-10/h1-7,15-16H,8-9H2. The second kappa shape index (κ2) is 5.81. The zero-order valence-corrected chi connectivity index (χ0v) is 10.0. The minimum absolute atomic E-state index is 0.144. The maximum absolute atomic E-state index is 11.3. The van der Waals surface area contributed by atoms with E-state index in [2.05, 4.69) is 4.84 Å². The van der Waals surface area contributed by atoms with Crippen LogP contribution in [0.3, 0.4) is 0 Å². The minimum atomic E-state index is -1.00. The molecule has 0 spiro atoms. The summed E-state index contributed by atoms with van der Waals surface area (Å²) in [7, 11) is 0. The molecule has 100 valence electrons. The van der Waals surface area contributed by atoms with E-state index in [9.17, 15) is 15.0 Å². The number of rotatable bonds is 4. The maximum atomic E-state index is 11.3. The first-order valence-corrected chi connectivity index (χ1v) is 5.65. The molecule has 2 rings (SSSR count). The lowest BCUT2D eigenvalue weighted by Crippen LogP contribution is -2.21. The average Bonchev–Trinajstić information content (AvgIpc) is 2.72. The number of hydrogen-bond donors (Lipinski definition) is 2. The lowest BCUT2D eigenvalue weighted by atomic mass is 10.2. The Balaban J connectivity index is 1.79. The molecular formula is C13H13NO5.